The van der Waals surface area contributed by atoms with Gasteiger partial charge in [-0.15, -0.1) is 0 Å². The van der Waals surface area contributed by atoms with Crippen LogP contribution in [0.1, 0.15) is 33.3 Å². The van der Waals surface area contributed by atoms with Gasteiger partial charge in [0.05, 0.1) is 0 Å². The van der Waals surface area contributed by atoms with Crippen LogP contribution in [0, 0.1) is 17.7 Å². The Morgan fingerprint density at radius 1 is 1.29 bits per heavy atom. The first kappa shape index (κ1) is 16.9. The predicted octanol–water partition coefficient (Wildman–Crippen LogP) is 4.04. The third-order valence-corrected chi connectivity index (χ3v) is 4.94. The van der Waals surface area contributed by atoms with Crippen molar-refractivity contribution in [2.24, 2.45) is 11.8 Å². The van der Waals surface area contributed by atoms with E-state index in [1.165, 1.54) is 0 Å². The smallest absolute Gasteiger partial charge is 0.127 e. The van der Waals surface area contributed by atoms with Gasteiger partial charge in [0.1, 0.15) is 5.82 Å². The van der Waals surface area contributed by atoms with Crippen molar-refractivity contribution in [1.82, 2.24) is 10.2 Å². The fraction of sp³-hybridized carbons (Fsp3) is 0.647. The Bertz CT molecular complexity index is 476. The molecular formula is C17H26BrFN2. The van der Waals surface area contributed by atoms with Crippen LogP contribution < -0.4 is 5.32 Å². The van der Waals surface area contributed by atoms with Gasteiger partial charge in [-0.05, 0) is 30.0 Å². The molecule has 1 aromatic carbocycles. The minimum atomic E-state index is -0.111. The summed E-state index contributed by atoms with van der Waals surface area (Å²) in [6.07, 6.45) is 0. The van der Waals surface area contributed by atoms with Crippen LogP contribution in [0.5, 0.6) is 0 Å². The summed E-state index contributed by atoms with van der Waals surface area (Å²) in [5.74, 6) is 1.04. The number of hydrogen-bond donors (Lipinski definition) is 1. The zero-order valence-electron chi connectivity index (χ0n) is 13.4. The average molecular weight is 357 g/mol. The number of halogens is 2. The van der Waals surface area contributed by atoms with Gasteiger partial charge in [0, 0.05) is 41.8 Å². The molecule has 2 rings (SSSR count). The van der Waals surface area contributed by atoms with E-state index in [9.17, 15) is 4.39 Å². The Morgan fingerprint density at radius 2 is 2.00 bits per heavy atom. The molecule has 2 nitrogen and oxygen atoms in total. The van der Waals surface area contributed by atoms with Crippen molar-refractivity contribution in [2.45, 2.75) is 46.3 Å². The first-order chi connectivity index (χ1) is 9.88. The standard InChI is InChI=1S/C17H26BrFN2/c1-11(2)16-10-21(17(8-20-16)12(3)4)9-13-7-14(18)5-6-15(13)19/h5-7,11-12,16-17,20H,8-10H2,1-4H3. The van der Waals surface area contributed by atoms with Crippen LogP contribution in [-0.2, 0) is 6.54 Å². The zero-order valence-corrected chi connectivity index (χ0v) is 15.0. The summed E-state index contributed by atoms with van der Waals surface area (Å²) >= 11 is 3.44. The molecular weight excluding hydrogens is 331 g/mol. The summed E-state index contributed by atoms with van der Waals surface area (Å²) in [5.41, 5.74) is 0.777. The number of hydrogen-bond acceptors (Lipinski definition) is 2. The predicted molar refractivity (Wildman–Crippen MR) is 89.8 cm³/mol. The Balaban J connectivity index is 2.17. The molecule has 0 radical (unpaired) electrons. The highest BCUT2D eigenvalue weighted by Gasteiger charge is 2.31. The Morgan fingerprint density at radius 3 is 2.62 bits per heavy atom. The van der Waals surface area contributed by atoms with Gasteiger partial charge in [0.25, 0.3) is 0 Å². The molecule has 1 aromatic rings. The molecule has 2 atom stereocenters. The molecule has 1 N–H and O–H groups in total. The zero-order chi connectivity index (χ0) is 15.6. The van der Waals surface area contributed by atoms with Crippen molar-refractivity contribution >= 4 is 15.9 Å². The van der Waals surface area contributed by atoms with Gasteiger partial charge in [-0.2, -0.15) is 0 Å². The number of benzene rings is 1. The van der Waals surface area contributed by atoms with Gasteiger partial charge >= 0.3 is 0 Å². The highest BCUT2D eigenvalue weighted by molar-refractivity contribution is 9.10. The molecule has 0 aromatic heterocycles. The molecule has 2 unspecified atom stereocenters. The highest BCUT2D eigenvalue weighted by Crippen LogP contribution is 2.23. The largest absolute Gasteiger partial charge is 0.311 e. The summed E-state index contributed by atoms with van der Waals surface area (Å²) in [5, 5.41) is 3.65. The second kappa shape index (κ2) is 7.21. The first-order valence-corrected chi connectivity index (χ1v) is 8.59. The van der Waals surface area contributed by atoms with Crippen molar-refractivity contribution in [1.29, 1.82) is 0 Å². The maximum absolute atomic E-state index is 14.0. The molecule has 0 amide bonds. The molecule has 1 aliphatic heterocycles. The molecule has 0 aliphatic carbocycles. The van der Waals surface area contributed by atoms with Gasteiger partial charge in [0.15, 0.2) is 0 Å². The Kier molecular flexibility index (Phi) is 5.81. The van der Waals surface area contributed by atoms with Gasteiger partial charge < -0.3 is 5.32 Å². The summed E-state index contributed by atoms with van der Waals surface area (Å²) in [7, 11) is 0. The molecule has 0 bridgehead atoms. The summed E-state index contributed by atoms with van der Waals surface area (Å²) in [6.45, 7) is 11.6. The molecule has 1 heterocycles. The lowest BCUT2D eigenvalue weighted by Gasteiger charge is -2.43. The third-order valence-electron chi connectivity index (χ3n) is 4.44. The molecule has 0 saturated carbocycles. The van der Waals surface area contributed by atoms with Crippen LogP contribution in [0.3, 0.4) is 0 Å². The van der Waals surface area contributed by atoms with E-state index < -0.39 is 0 Å². The van der Waals surface area contributed by atoms with Crippen LogP contribution in [0.2, 0.25) is 0 Å². The normalized spacial score (nSPS) is 24.0. The van der Waals surface area contributed by atoms with Crippen LogP contribution in [0.25, 0.3) is 0 Å². The van der Waals surface area contributed by atoms with Gasteiger partial charge in [-0.1, -0.05) is 43.6 Å². The van der Waals surface area contributed by atoms with E-state index in [0.29, 0.717) is 30.5 Å². The molecule has 1 fully saturated rings. The van der Waals surface area contributed by atoms with Crippen molar-refractivity contribution in [2.75, 3.05) is 13.1 Å². The summed E-state index contributed by atoms with van der Waals surface area (Å²) in [4.78, 5) is 2.44. The van der Waals surface area contributed by atoms with E-state index >= 15 is 0 Å². The second-order valence-corrected chi connectivity index (χ2v) is 7.65. The van der Waals surface area contributed by atoms with Crippen LogP contribution in [-0.4, -0.2) is 30.1 Å². The molecule has 4 heteroatoms. The lowest BCUT2D eigenvalue weighted by molar-refractivity contribution is 0.0773. The minimum Gasteiger partial charge on any atom is -0.311 e. The first-order valence-electron chi connectivity index (χ1n) is 7.79. The molecule has 21 heavy (non-hydrogen) atoms. The maximum Gasteiger partial charge on any atom is 0.127 e. The number of nitrogens with one attached hydrogen (secondary N) is 1. The Hall–Kier alpha value is -0.450. The van der Waals surface area contributed by atoms with Crippen LogP contribution in [0.15, 0.2) is 22.7 Å². The molecule has 1 aliphatic rings. The molecule has 118 valence electrons. The maximum atomic E-state index is 14.0. The quantitative estimate of drug-likeness (QED) is 0.875. The van der Waals surface area contributed by atoms with E-state index in [1.54, 1.807) is 12.1 Å². The van der Waals surface area contributed by atoms with E-state index in [1.807, 2.05) is 6.07 Å². The van der Waals surface area contributed by atoms with E-state index in [4.69, 9.17) is 0 Å². The topological polar surface area (TPSA) is 15.3 Å². The second-order valence-electron chi connectivity index (χ2n) is 6.74. The fourth-order valence-corrected chi connectivity index (χ4v) is 3.43. The lowest BCUT2D eigenvalue weighted by atomic mass is 9.93. The van der Waals surface area contributed by atoms with Crippen LogP contribution in [0.4, 0.5) is 4.39 Å². The average Bonchev–Trinajstić information content (AvgIpc) is 2.42. The van der Waals surface area contributed by atoms with Gasteiger partial charge in [-0.25, -0.2) is 4.39 Å². The fourth-order valence-electron chi connectivity index (χ4n) is 3.02. The molecule has 1 saturated heterocycles. The number of rotatable bonds is 4. The van der Waals surface area contributed by atoms with Crippen molar-refractivity contribution in [3.8, 4) is 0 Å². The van der Waals surface area contributed by atoms with Crippen LogP contribution >= 0.6 is 15.9 Å². The number of piperazine rings is 1. The van der Waals surface area contributed by atoms with E-state index in [-0.39, 0.29) is 5.82 Å². The summed E-state index contributed by atoms with van der Waals surface area (Å²) in [6, 6.07) is 6.15. The minimum absolute atomic E-state index is 0.111. The third kappa shape index (κ3) is 4.27. The van der Waals surface area contributed by atoms with Crippen molar-refractivity contribution in [3.05, 3.63) is 34.1 Å². The molecule has 0 spiro atoms. The van der Waals surface area contributed by atoms with Gasteiger partial charge in [-0.3, -0.25) is 4.90 Å². The SMILES string of the molecule is CC(C)C1CN(Cc2cc(Br)ccc2F)C(C(C)C)CN1. The summed E-state index contributed by atoms with van der Waals surface area (Å²) < 4.78 is 15.0. The monoisotopic (exact) mass is 356 g/mol. The highest BCUT2D eigenvalue weighted by atomic mass is 79.9. The van der Waals surface area contributed by atoms with Gasteiger partial charge in [0.2, 0.25) is 0 Å². The van der Waals surface area contributed by atoms with E-state index in [0.717, 1.165) is 23.1 Å². The van der Waals surface area contributed by atoms with Crippen molar-refractivity contribution < 1.29 is 4.39 Å². The lowest BCUT2D eigenvalue weighted by Crippen LogP contribution is -2.59. The Labute approximate surface area is 136 Å². The van der Waals surface area contributed by atoms with Crippen molar-refractivity contribution in [3.63, 3.8) is 0 Å². The number of nitrogens with zero attached hydrogens (tertiary/aromatic N) is 1. The van der Waals surface area contributed by atoms with E-state index in [2.05, 4.69) is 53.8 Å².